The molecule has 0 aromatic rings. The van der Waals surface area contributed by atoms with Gasteiger partial charge in [0.25, 0.3) is 0 Å². The second kappa shape index (κ2) is 5.89. The first-order valence-electron chi connectivity index (χ1n) is 6.74. The van der Waals surface area contributed by atoms with Gasteiger partial charge in [0.2, 0.25) is 0 Å². The Bertz CT molecular complexity index is 176. The quantitative estimate of drug-likeness (QED) is 0.750. The minimum Gasteiger partial charge on any atom is -0.393 e. The van der Waals surface area contributed by atoms with E-state index >= 15 is 0 Å². The molecule has 0 aliphatic heterocycles. The van der Waals surface area contributed by atoms with Gasteiger partial charge in [0, 0.05) is 0 Å². The van der Waals surface area contributed by atoms with E-state index in [1.807, 2.05) is 0 Å². The molecule has 1 rings (SSSR count). The van der Waals surface area contributed by atoms with Crippen molar-refractivity contribution >= 4 is 0 Å². The van der Waals surface area contributed by atoms with Crippen LogP contribution in [0.4, 0.5) is 0 Å². The van der Waals surface area contributed by atoms with E-state index in [0.717, 1.165) is 30.6 Å². The summed E-state index contributed by atoms with van der Waals surface area (Å²) in [5.74, 6) is 2.92. The molecule has 1 saturated carbocycles. The van der Waals surface area contributed by atoms with Crippen molar-refractivity contribution in [3.8, 4) is 0 Å². The fourth-order valence-corrected chi connectivity index (χ4v) is 3.04. The monoisotopic (exact) mass is 212 g/mol. The summed E-state index contributed by atoms with van der Waals surface area (Å²) in [6.45, 7) is 9.13. The second-order valence-electron chi connectivity index (χ2n) is 5.81. The van der Waals surface area contributed by atoms with Crippen LogP contribution in [0.5, 0.6) is 0 Å². The van der Waals surface area contributed by atoms with Crippen LogP contribution in [0, 0.1) is 23.7 Å². The summed E-state index contributed by atoms with van der Waals surface area (Å²) in [5, 5.41) is 10.1. The lowest BCUT2D eigenvalue weighted by Gasteiger charge is -2.38. The average molecular weight is 212 g/mol. The fourth-order valence-electron chi connectivity index (χ4n) is 3.04. The maximum Gasteiger partial charge on any atom is 0.0570 e. The van der Waals surface area contributed by atoms with Crippen molar-refractivity contribution in [3.63, 3.8) is 0 Å². The lowest BCUT2D eigenvalue weighted by molar-refractivity contribution is 0.0222. The van der Waals surface area contributed by atoms with Crippen molar-refractivity contribution < 1.29 is 5.11 Å². The number of hydrogen-bond donors (Lipinski definition) is 1. The number of hydrogen-bond acceptors (Lipinski definition) is 1. The largest absolute Gasteiger partial charge is 0.393 e. The predicted molar refractivity (Wildman–Crippen MR) is 65.7 cm³/mol. The van der Waals surface area contributed by atoms with Crippen LogP contribution >= 0.6 is 0 Å². The van der Waals surface area contributed by atoms with E-state index in [-0.39, 0.29) is 6.10 Å². The summed E-state index contributed by atoms with van der Waals surface area (Å²) < 4.78 is 0. The van der Waals surface area contributed by atoms with Gasteiger partial charge in [-0.3, -0.25) is 0 Å². The van der Waals surface area contributed by atoms with Gasteiger partial charge in [-0.15, -0.1) is 0 Å². The maximum absolute atomic E-state index is 10.1. The van der Waals surface area contributed by atoms with E-state index in [9.17, 15) is 5.11 Å². The third-order valence-electron chi connectivity index (χ3n) is 4.32. The third kappa shape index (κ3) is 3.48. The van der Waals surface area contributed by atoms with Crippen LogP contribution in [-0.2, 0) is 0 Å². The van der Waals surface area contributed by atoms with E-state index in [4.69, 9.17) is 0 Å². The molecular weight excluding hydrogens is 184 g/mol. The van der Waals surface area contributed by atoms with Crippen LogP contribution in [0.3, 0.4) is 0 Å². The molecule has 1 fully saturated rings. The fraction of sp³-hybridized carbons (Fsp3) is 1.00. The van der Waals surface area contributed by atoms with Crippen LogP contribution in [0.1, 0.15) is 59.8 Å². The summed E-state index contributed by atoms with van der Waals surface area (Å²) in [7, 11) is 0. The van der Waals surface area contributed by atoms with Gasteiger partial charge < -0.3 is 5.11 Å². The highest BCUT2D eigenvalue weighted by Crippen LogP contribution is 2.39. The molecule has 0 saturated heterocycles. The summed E-state index contributed by atoms with van der Waals surface area (Å²) in [6.07, 6.45) is 5.98. The molecule has 1 heteroatoms. The van der Waals surface area contributed by atoms with Crippen LogP contribution in [0.2, 0.25) is 0 Å². The number of aliphatic hydroxyl groups excluding tert-OH is 1. The van der Waals surface area contributed by atoms with Crippen LogP contribution in [-0.4, -0.2) is 11.2 Å². The first kappa shape index (κ1) is 13.0. The molecule has 1 N–H and O–H groups in total. The molecular formula is C14H28O. The highest BCUT2D eigenvalue weighted by molar-refractivity contribution is 4.83. The first-order valence-corrected chi connectivity index (χ1v) is 6.74. The van der Waals surface area contributed by atoms with E-state index in [1.54, 1.807) is 0 Å². The third-order valence-corrected chi connectivity index (χ3v) is 4.32. The Balaban J connectivity index is 2.52. The van der Waals surface area contributed by atoms with Crippen molar-refractivity contribution in [2.24, 2.45) is 23.7 Å². The van der Waals surface area contributed by atoms with Crippen LogP contribution in [0.15, 0.2) is 0 Å². The molecule has 1 aliphatic rings. The van der Waals surface area contributed by atoms with Gasteiger partial charge in [-0.25, -0.2) is 0 Å². The van der Waals surface area contributed by atoms with E-state index in [2.05, 4.69) is 27.7 Å². The van der Waals surface area contributed by atoms with Gasteiger partial charge in [0.05, 0.1) is 6.10 Å². The molecule has 1 nitrogen and oxygen atoms in total. The smallest absolute Gasteiger partial charge is 0.0570 e. The molecule has 1 aliphatic carbocycles. The highest BCUT2D eigenvalue weighted by Gasteiger charge is 2.32. The summed E-state index contributed by atoms with van der Waals surface area (Å²) in [4.78, 5) is 0. The first-order chi connectivity index (χ1) is 7.06. The Morgan fingerprint density at radius 2 is 1.93 bits per heavy atom. The Labute approximate surface area is 95.3 Å². The Morgan fingerprint density at radius 1 is 1.27 bits per heavy atom. The van der Waals surface area contributed by atoms with Gasteiger partial charge in [-0.2, -0.15) is 0 Å². The van der Waals surface area contributed by atoms with Gasteiger partial charge >= 0.3 is 0 Å². The molecule has 0 unspecified atom stereocenters. The summed E-state index contributed by atoms with van der Waals surface area (Å²) in [5.41, 5.74) is 0. The Kier molecular flexibility index (Phi) is 5.11. The standard InChI is InChI=1S/C14H28O/c1-5-6-14(15)13-9-12(10(2)3)8-7-11(13)4/h10-15H,5-9H2,1-4H3/t11-,12+,13+,14-/m0/s1. The molecule has 15 heavy (non-hydrogen) atoms. The Hall–Kier alpha value is -0.0400. The van der Waals surface area contributed by atoms with Crippen LogP contribution in [0.25, 0.3) is 0 Å². The number of rotatable bonds is 4. The van der Waals surface area contributed by atoms with Crippen molar-refractivity contribution in [1.82, 2.24) is 0 Å². The minimum absolute atomic E-state index is 0.0495. The van der Waals surface area contributed by atoms with Crippen LogP contribution < -0.4 is 0 Å². The van der Waals surface area contributed by atoms with Gasteiger partial charge in [-0.05, 0) is 42.9 Å². The molecule has 0 aromatic carbocycles. The van der Waals surface area contributed by atoms with E-state index in [1.165, 1.54) is 19.3 Å². The molecule has 0 aromatic heterocycles. The van der Waals surface area contributed by atoms with Crippen molar-refractivity contribution in [1.29, 1.82) is 0 Å². The van der Waals surface area contributed by atoms with Gasteiger partial charge in [-0.1, -0.05) is 40.5 Å². The Morgan fingerprint density at radius 3 is 2.47 bits per heavy atom. The maximum atomic E-state index is 10.1. The van der Waals surface area contributed by atoms with Gasteiger partial charge in [0.15, 0.2) is 0 Å². The summed E-state index contributed by atoms with van der Waals surface area (Å²) in [6, 6.07) is 0. The minimum atomic E-state index is -0.0495. The van der Waals surface area contributed by atoms with Crippen molar-refractivity contribution in [3.05, 3.63) is 0 Å². The zero-order valence-corrected chi connectivity index (χ0v) is 10.9. The normalized spacial score (nSPS) is 34.4. The molecule has 0 radical (unpaired) electrons. The molecule has 4 atom stereocenters. The van der Waals surface area contributed by atoms with Gasteiger partial charge in [0.1, 0.15) is 0 Å². The van der Waals surface area contributed by atoms with E-state index in [0.29, 0.717) is 5.92 Å². The molecule has 0 heterocycles. The topological polar surface area (TPSA) is 20.2 Å². The number of aliphatic hydroxyl groups is 1. The van der Waals surface area contributed by atoms with Crippen molar-refractivity contribution in [2.75, 3.05) is 0 Å². The predicted octanol–water partition coefficient (Wildman–Crippen LogP) is 3.86. The average Bonchev–Trinajstić information content (AvgIpc) is 2.18. The molecule has 0 bridgehead atoms. The highest BCUT2D eigenvalue weighted by atomic mass is 16.3. The second-order valence-corrected chi connectivity index (χ2v) is 5.81. The lowest BCUT2D eigenvalue weighted by Crippen LogP contribution is -2.34. The van der Waals surface area contributed by atoms with Crippen molar-refractivity contribution in [2.45, 2.75) is 65.9 Å². The molecule has 0 amide bonds. The van der Waals surface area contributed by atoms with E-state index < -0.39 is 0 Å². The SMILES string of the molecule is CCC[C@H](O)[C@@H]1C[C@H](C(C)C)CC[C@@H]1C. The molecule has 90 valence electrons. The zero-order valence-electron chi connectivity index (χ0n) is 10.9. The molecule has 0 spiro atoms. The zero-order chi connectivity index (χ0) is 11.4. The summed E-state index contributed by atoms with van der Waals surface area (Å²) >= 11 is 0. The lowest BCUT2D eigenvalue weighted by atomic mass is 9.69.